The molecule has 1 heterocycles. The summed E-state index contributed by atoms with van der Waals surface area (Å²) < 4.78 is 5.21. The fourth-order valence-electron chi connectivity index (χ4n) is 3.27. The molecule has 2 N–H and O–H groups in total. The van der Waals surface area contributed by atoms with Crippen LogP contribution >= 0.6 is 0 Å². The number of aliphatic hydroxyl groups is 1. The number of carbonyl (C=O) groups excluding carboxylic acids is 1. The van der Waals surface area contributed by atoms with E-state index in [4.69, 9.17) is 4.74 Å². The number of methoxy groups -OCH3 is 1. The van der Waals surface area contributed by atoms with E-state index in [-0.39, 0.29) is 5.91 Å². The maximum absolute atomic E-state index is 12.6. The van der Waals surface area contributed by atoms with Crippen molar-refractivity contribution >= 4 is 5.91 Å². The van der Waals surface area contributed by atoms with E-state index in [2.05, 4.69) is 10.2 Å². The fraction of sp³-hybridized carbons (Fsp3) is 0.444. The van der Waals surface area contributed by atoms with Crippen molar-refractivity contribution in [2.75, 3.05) is 20.7 Å². The molecule has 1 fully saturated rings. The first-order valence-electron chi connectivity index (χ1n) is 8.18. The molecule has 3 rings (SSSR count). The summed E-state index contributed by atoms with van der Waals surface area (Å²) in [7, 11) is 3.33. The number of likely N-dealkylation sites (N-methyl/N-ethyl adjacent to an activating group) is 1. The fourth-order valence-corrected chi connectivity index (χ4v) is 3.27. The summed E-state index contributed by atoms with van der Waals surface area (Å²) in [6.07, 6.45) is 3.54. The summed E-state index contributed by atoms with van der Waals surface area (Å²) in [6.45, 7) is 0.347. The van der Waals surface area contributed by atoms with Crippen LogP contribution in [0.5, 0.6) is 5.75 Å². The van der Waals surface area contributed by atoms with Gasteiger partial charge in [0.2, 0.25) is 0 Å². The highest BCUT2D eigenvalue weighted by Gasteiger charge is 2.33. The minimum atomic E-state index is -0.750. The highest BCUT2D eigenvalue weighted by Crippen LogP contribution is 2.30. The van der Waals surface area contributed by atoms with E-state index >= 15 is 0 Å². The number of H-pyrrole nitrogens is 1. The second-order valence-corrected chi connectivity index (χ2v) is 6.49. The average Bonchev–Trinajstić information content (AvgIpc) is 3.23. The van der Waals surface area contributed by atoms with Crippen LogP contribution in [-0.2, 0) is 0 Å². The number of aromatic amines is 1. The van der Waals surface area contributed by atoms with Gasteiger partial charge in [-0.2, -0.15) is 5.10 Å². The Labute approximate surface area is 141 Å². The zero-order chi connectivity index (χ0) is 17.2. The lowest BCUT2D eigenvalue weighted by Crippen LogP contribution is -2.42. The third-order valence-electron chi connectivity index (χ3n) is 4.59. The van der Waals surface area contributed by atoms with E-state index in [9.17, 15) is 9.90 Å². The molecule has 1 aliphatic carbocycles. The Morgan fingerprint density at radius 2 is 2.12 bits per heavy atom. The van der Waals surface area contributed by atoms with Gasteiger partial charge >= 0.3 is 0 Å². The molecular formula is C18H23N3O3. The third-order valence-corrected chi connectivity index (χ3v) is 4.59. The summed E-state index contributed by atoms with van der Waals surface area (Å²) in [4.78, 5) is 14.1. The van der Waals surface area contributed by atoms with Crippen LogP contribution in [0.3, 0.4) is 0 Å². The van der Waals surface area contributed by atoms with Gasteiger partial charge in [0.25, 0.3) is 5.91 Å². The molecule has 0 saturated heterocycles. The summed E-state index contributed by atoms with van der Waals surface area (Å²) >= 11 is 0. The zero-order valence-electron chi connectivity index (χ0n) is 14.1. The molecule has 0 unspecified atom stereocenters. The van der Waals surface area contributed by atoms with Gasteiger partial charge in [-0.3, -0.25) is 9.89 Å². The van der Waals surface area contributed by atoms with Gasteiger partial charge in [0, 0.05) is 19.2 Å². The summed E-state index contributed by atoms with van der Waals surface area (Å²) in [6, 6.07) is 9.25. The number of nitrogens with one attached hydrogen (secondary N) is 1. The van der Waals surface area contributed by atoms with Crippen LogP contribution in [0.25, 0.3) is 11.3 Å². The van der Waals surface area contributed by atoms with Crippen LogP contribution in [0.1, 0.15) is 36.2 Å². The van der Waals surface area contributed by atoms with Gasteiger partial charge in [0.05, 0.1) is 18.4 Å². The summed E-state index contributed by atoms with van der Waals surface area (Å²) in [5.41, 5.74) is 1.23. The van der Waals surface area contributed by atoms with Crippen molar-refractivity contribution in [2.24, 2.45) is 0 Å². The SMILES string of the molecule is COc1cccc(-c2cc(C(=O)N(C)CC3(O)CCCC3)[nH]n2)c1. The van der Waals surface area contributed by atoms with Crippen molar-refractivity contribution in [2.45, 2.75) is 31.3 Å². The maximum Gasteiger partial charge on any atom is 0.271 e. The number of aromatic nitrogens is 2. The Bertz CT molecular complexity index is 720. The van der Waals surface area contributed by atoms with Crippen LogP contribution in [0.2, 0.25) is 0 Å². The molecule has 1 aromatic heterocycles. The minimum absolute atomic E-state index is 0.169. The largest absolute Gasteiger partial charge is 0.497 e. The minimum Gasteiger partial charge on any atom is -0.497 e. The molecular weight excluding hydrogens is 306 g/mol. The number of carbonyl (C=O) groups is 1. The topological polar surface area (TPSA) is 78.5 Å². The molecule has 0 radical (unpaired) electrons. The average molecular weight is 329 g/mol. The Kier molecular flexibility index (Phi) is 4.57. The van der Waals surface area contributed by atoms with E-state index in [1.54, 1.807) is 25.1 Å². The van der Waals surface area contributed by atoms with E-state index in [0.29, 0.717) is 17.9 Å². The van der Waals surface area contributed by atoms with Crippen LogP contribution in [0.15, 0.2) is 30.3 Å². The van der Waals surface area contributed by atoms with Crippen molar-refractivity contribution in [3.63, 3.8) is 0 Å². The van der Waals surface area contributed by atoms with Crippen LogP contribution in [0, 0.1) is 0 Å². The first-order chi connectivity index (χ1) is 11.5. The van der Waals surface area contributed by atoms with Crippen molar-refractivity contribution in [1.29, 1.82) is 0 Å². The lowest BCUT2D eigenvalue weighted by atomic mass is 10.0. The number of nitrogens with zero attached hydrogens (tertiary/aromatic N) is 2. The predicted molar refractivity (Wildman–Crippen MR) is 91.0 cm³/mol. The van der Waals surface area contributed by atoms with Gasteiger partial charge in [-0.15, -0.1) is 0 Å². The highest BCUT2D eigenvalue weighted by molar-refractivity contribution is 5.93. The number of rotatable bonds is 5. The summed E-state index contributed by atoms with van der Waals surface area (Å²) in [5, 5.41) is 17.5. The van der Waals surface area contributed by atoms with Crippen LogP contribution in [-0.4, -0.2) is 52.4 Å². The molecule has 0 spiro atoms. The van der Waals surface area contributed by atoms with Crippen molar-refractivity contribution in [1.82, 2.24) is 15.1 Å². The number of hydrogen-bond acceptors (Lipinski definition) is 4. The molecule has 6 nitrogen and oxygen atoms in total. The Morgan fingerprint density at radius 1 is 1.38 bits per heavy atom. The third kappa shape index (κ3) is 3.43. The molecule has 128 valence electrons. The van der Waals surface area contributed by atoms with E-state index in [1.807, 2.05) is 24.3 Å². The molecule has 1 saturated carbocycles. The van der Waals surface area contributed by atoms with Gasteiger partial charge in [-0.25, -0.2) is 0 Å². The standard InChI is InChI=1S/C18H23N3O3/c1-21(12-18(23)8-3-4-9-18)17(22)16-11-15(19-20-16)13-6-5-7-14(10-13)24-2/h5-7,10-11,23H,3-4,8-9,12H2,1-2H3,(H,19,20). The predicted octanol–water partition coefficient (Wildman–Crippen LogP) is 2.46. The van der Waals surface area contributed by atoms with Crippen LogP contribution in [0.4, 0.5) is 0 Å². The Morgan fingerprint density at radius 3 is 2.83 bits per heavy atom. The van der Waals surface area contributed by atoms with Crippen molar-refractivity contribution < 1.29 is 14.6 Å². The maximum atomic E-state index is 12.6. The molecule has 1 amide bonds. The van der Waals surface area contributed by atoms with Crippen LogP contribution < -0.4 is 4.74 Å². The smallest absolute Gasteiger partial charge is 0.271 e. The Hall–Kier alpha value is -2.34. The van der Waals surface area contributed by atoms with Gasteiger partial charge in [0.15, 0.2) is 0 Å². The van der Waals surface area contributed by atoms with E-state index in [1.165, 1.54) is 0 Å². The zero-order valence-corrected chi connectivity index (χ0v) is 14.1. The lowest BCUT2D eigenvalue weighted by Gasteiger charge is -2.28. The molecule has 1 aromatic carbocycles. The van der Waals surface area contributed by atoms with Gasteiger partial charge in [-0.1, -0.05) is 25.0 Å². The summed E-state index contributed by atoms with van der Waals surface area (Å²) in [5.74, 6) is 0.570. The first kappa shape index (κ1) is 16.5. The molecule has 0 bridgehead atoms. The molecule has 6 heteroatoms. The van der Waals surface area contributed by atoms with Crippen molar-refractivity contribution in [3.05, 3.63) is 36.0 Å². The normalized spacial score (nSPS) is 16.1. The molecule has 24 heavy (non-hydrogen) atoms. The second kappa shape index (κ2) is 6.65. The van der Waals surface area contributed by atoms with Gasteiger partial charge < -0.3 is 14.7 Å². The molecule has 1 aliphatic rings. The van der Waals surface area contributed by atoms with Gasteiger partial charge in [-0.05, 0) is 31.0 Å². The molecule has 0 atom stereocenters. The van der Waals surface area contributed by atoms with Crippen molar-refractivity contribution in [3.8, 4) is 17.0 Å². The second-order valence-electron chi connectivity index (χ2n) is 6.49. The number of benzene rings is 1. The molecule has 0 aliphatic heterocycles. The highest BCUT2D eigenvalue weighted by atomic mass is 16.5. The first-order valence-corrected chi connectivity index (χ1v) is 8.18. The van der Waals surface area contributed by atoms with E-state index < -0.39 is 5.60 Å². The quantitative estimate of drug-likeness (QED) is 0.883. The monoisotopic (exact) mass is 329 g/mol. The Balaban J connectivity index is 1.73. The number of ether oxygens (including phenoxy) is 1. The van der Waals surface area contributed by atoms with Gasteiger partial charge in [0.1, 0.15) is 11.4 Å². The molecule has 2 aromatic rings. The number of amides is 1. The van der Waals surface area contributed by atoms with E-state index in [0.717, 1.165) is 37.0 Å². The lowest BCUT2D eigenvalue weighted by molar-refractivity contribution is 0.0155. The number of hydrogen-bond donors (Lipinski definition) is 2.